The standard InChI is InChI=1S/C48H30F3NO2/c1-52(2)41-23-15-33(16-24-41)9-11-36-18-26-43-39(29-36)30-38(19-12-34-13-21-40(22-14-34)48(49,50)51)47-46(43)45-42-25-17-35(10-8-32-6-4-3-5-7-32)28-37(42)20-27-44(45)53-31-54-47/h3-7,13-18,20-30H,31H2,1-2H3. The summed E-state index contributed by atoms with van der Waals surface area (Å²) in [6, 6.07) is 40.8. The Hall–Kier alpha value is -7.07. The smallest absolute Gasteiger partial charge is 0.416 e. The molecule has 6 heteroatoms. The van der Waals surface area contributed by atoms with Gasteiger partial charge in [-0.05, 0) is 119 Å². The van der Waals surface area contributed by atoms with Gasteiger partial charge in [0.15, 0.2) is 0 Å². The third kappa shape index (κ3) is 7.05. The Bertz CT molecular complexity index is 2750. The molecule has 0 unspecified atom stereocenters. The van der Waals surface area contributed by atoms with Crippen LogP contribution in [0.1, 0.15) is 38.9 Å². The van der Waals surface area contributed by atoms with Crippen LogP contribution < -0.4 is 14.4 Å². The number of rotatable bonds is 1. The maximum Gasteiger partial charge on any atom is 0.416 e. The van der Waals surface area contributed by atoms with Gasteiger partial charge in [0.05, 0.1) is 11.1 Å². The highest BCUT2D eigenvalue weighted by Gasteiger charge is 2.30. The largest absolute Gasteiger partial charge is 0.457 e. The van der Waals surface area contributed by atoms with Gasteiger partial charge in [-0.1, -0.05) is 71.9 Å². The minimum atomic E-state index is -4.43. The minimum absolute atomic E-state index is 0.0528. The van der Waals surface area contributed by atoms with E-state index in [-0.39, 0.29) is 6.79 Å². The van der Waals surface area contributed by atoms with Crippen LogP contribution in [0, 0.1) is 35.5 Å². The molecule has 0 aromatic heterocycles. The number of ether oxygens (including phenoxy) is 2. The fraction of sp³-hybridized carbons (Fsp3) is 0.0833. The van der Waals surface area contributed by atoms with Crippen molar-refractivity contribution in [2.24, 2.45) is 0 Å². The molecular formula is C48H30F3NO2. The van der Waals surface area contributed by atoms with E-state index in [9.17, 15) is 13.2 Å². The molecule has 0 saturated heterocycles. The molecule has 0 N–H and O–H groups in total. The Morgan fingerprint density at radius 2 is 1.07 bits per heavy atom. The van der Waals surface area contributed by atoms with Gasteiger partial charge < -0.3 is 14.4 Å². The Kier molecular flexibility index (Phi) is 8.92. The Balaban J connectivity index is 1.29. The van der Waals surface area contributed by atoms with Crippen molar-refractivity contribution < 1.29 is 22.6 Å². The molecule has 0 spiro atoms. The van der Waals surface area contributed by atoms with Crippen molar-refractivity contribution >= 4 is 27.2 Å². The molecule has 1 aliphatic heterocycles. The lowest BCUT2D eigenvalue weighted by Gasteiger charge is -2.16. The van der Waals surface area contributed by atoms with Crippen LogP contribution in [0.3, 0.4) is 0 Å². The van der Waals surface area contributed by atoms with Crippen LogP contribution in [0.15, 0.2) is 133 Å². The van der Waals surface area contributed by atoms with E-state index in [2.05, 4.69) is 47.7 Å². The third-order valence-corrected chi connectivity index (χ3v) is 9.16. The van der Waals surface area contributed by atoms with Gasteiger partial charge >= 0.3 is 6.18 Å². The van der Waals surface area contributed by atoms with Gasteiger partial charge in [-0.15, -0.1) is 0 Å². The zero-order valence-electron chi connectivity index (χ0n) is 29.3. The van der Waals surface area contributed by atoms with Gasteiger partial charge in [-0.25, -0.2) is 0 Å². The molecule has 0 radical (unpaired) electrons. The van der Waals surface area contributed by atoms with Crippen molar-refractivity contribution in [1.29, 1.82) is 0 Å². The summed E-state index contributed by atoms with van der Waals surface area (Å²) in [5, 5.41) is 3.71. The first-order valence-electron chi connectivity index (χ1n) is 17.2. The lowest BCUT2D eigenvalue weighted by atomic mass is 9.89. The van der Waals surface area contributed by atoms with Crippen molar-refractivity contribution in [2.75, 3.05) is 25.8 Å². The second-order valence-corrected chi connectivity index (χ2v) is 13.0. The second-order valence-electron chi connectivity index (χ2n) is 13.0. The van der Waals surface area contributed by atoms with Crippen molar-refractivity contribution in [1.82, 2.24) is 0 Å². The van der Waals surface area contributed by atoms with Gasteiger partial charge in [0.25, 0.3) is 0 Å². The second kappa shape index (κ2) is 14.2. The van der Waals surface area contributed by atoms with E-state index in [1.54, 1.807) is 0 Å². The average molecular weight is 710 g/mol. The van der Waals surface area contributed by atoms with Crippen molar-refractivity contribution in [2.45, 2.75) is 6.18 Å². The molecule has 54 heavy (non-hydrogen) atoms. The third-order valence-electron chi connectivity index (χ3n) is 9.16. The number of nitrogens with zero attached hydrogens (tertiary/aromatic N) is 1. The SMILES string of the molecule is CN(C)c1ccc(C#Cc2ccc3c4c(c(C#Cc5ccc(C(F)(F)F)cc5)cc3c2)OCOc2ccc3cc(C#Cc5ccccc5)ccc3c2-4)cc1. The topological polar surface area (TPSA) is 21.7 Å². The van der Waals surface area contributed by atoms with E-state index in [0.717, 1.165) is 72.7 Å². The molecule has 0 saturated carbocycles. The van der Waals surface area contributed by atoms with Gasteiger partial charge in [0.2, 0.25) is 6.79 Å². The number of hydrogen-bond donors (Lipinski definition) is 0. The highest BCUT2D eigenvalue weighted by Crippen LogP contribution is 2.48. The van der Waals surface area contributed by atoms with E-state index in [0.29, 0.717) is 22.6 Å². The summed E-state index contributed by atoms with van der Waals surface area (Å²) in [6.45, 7) is -0.0528. The number of fused-ring (bicyclic) bond motifs is 7. The summed E-state index contributed by atoms with van der Waals surface area (Å²) in [7, 11) is 3.99. The molecule has 0 atom stereocenters. The van der Waals surface area contributed by atoms with Crippen LogP contribution in [-0.4, -0.2) is 20.9 Å². The summed E-state index contributed by atoms with van der Waals surface area (Å²) in [6.07, 6.45) is -4.43. The summed E-state index contributed by atoms with van der Waals surface area (Å²) in [4.78, 5) is 2.04. The van der Waals surface area contributed by atoms with Crippen LogP contribution in [0.25, 0.3) is 32.7 Å². The van der Waals surface area contributed by atoms with E-state index in [1.165, 1.54) is 12.1 Å². The number of halogens is 3. The number of anilines is 1. The molecule has 0 amide bonds. The lowest BCUT2D eigenvalue weighted by Crippen LogP contribution is -2.07. The van der Waals surface area contributed by atoms with Crippen LogP contribution in [-0.2, 0) is 6.18 Å². The van der Waals surface area contributed by atoms with E-state index in [4.69, 9.17) is 9.47 Å². The van der Waals surface area contributed by atoms with Crippen LogP contribution in [0.2, 0.25) is 0 Å². The zero-order chi connectivity index (χ0) is 37.2. The van der Waals surface area contributed by atoms with Crippen molar-refractivity contribution in [3.8, 4) is 58.1 Å². The normalized spacial score (nSPS) is 11.6. The monoisotopic (exact) mass is 709 g/mol. The maximum atomic E-state index is 13.3. The highest BCUT2D eigenvalue weighted by molar-refractivity contribution is 6.11. The molecule has 7 aromatic rings. The average Bonchev–Trinajstić information content (AvgIpc) is 3.39. The molecule has 1 aliphatic rings. The number of alkyl halides is 3. The van der Waals surface area contributed by atoms with Crippen LogP contribution in [0.4, 0.5) is 18.9 Å². The summed E-state index contributed by atoms with van der Waals surface area (Å²) >= 11 is 0. The number of benzene rings is 7. The first-order valence-corrected chi connectivity index (χ1v) is 17.2. The molecule has 1 heterocycles. The van der Waals surface area contributed by atoms with Crippen LogP contribution in [0.5, 0.6) is 11.5 Å². The lowest BCUT2D eigenvalue weighted by molar-refractivity contribution is -0.137. The first kappa shape index (κ1) is 34.0. The van der Waals surface area contributed by atoms with E-state index < -0.39 is 11.7 Å². The predicted molar refractivity (Wildman–Crippen MR) is 210 cm³/mol. The summed E-state index contributed by atoms with van der Waals surface area (Å²) in [5.74, 6) is 20.6. The summed E-state index contributed by atoms with van der Waals surface area (Å²) < 4.78 is 52.3. The Morgan fingerprint density at radius 3 is 1.72 bits per heavy atom. The Morgan fingerprint density at radius 1 is 0.519 bits per heavy atom. The molecular weight excluding hydrogens is 680 g/mol. The Labute approximate surface area is 311 Å². The summed E-state index contributed by atoms with van der Waals surface area (Å²) in [5.41, 5.74) is 6.54. The van der Waals surface area contributed by atoms with Crippen molar-refractivity contribution in [3.63, 3.8) is 0 Å². The highest BCUT2D eigenvalue weighted by atomic mass is 19.4. The van der Waals surface area contributed by atoms with Gasteiger partial charge in [-0.2, -0.15) is 13.2 Å². The molecule has 0 aliphatic carbocycles. The van der Waals surface area contributed by atoms with E-state index >= 15 is 0 Å². The molecule has 7 aromatic carbocycles. The van der Waals surface area contributed by atoms with E-state index in [1.807, 2.05) is 116 Å². The van der Waals surface area contributed by atoms with Crippen molar-refractivity contribution in [3.05, 3.63) is 172 Å². The molecule has 8 rings (SSSR count). The van der Waals surface area contributed by atoms with Gasteiger partial charge in [-0.3, -0.25) is 0 Å². The quantitative estimate of drug-likeness (QED) is 0.158. The maximum absolute atomic E-state index is 13.3. The predicted octanol–water partition coefficient (Wildman–Crippen LogP) is 10.7. The molecule has 0 bridgehead atoms. The molecule has 0 fully saturated rings. The molecule has 260 valence electrons. The van der Waals surface area contributed by atoms with Gasteiger partial charge in [0.1, 0.15) is 11.5 Å². The minimum Gasteiger partial charge on any atom is -0.457 e. The van der Waals surface area contributed by atoms with Crippen LogP contribution >= 0.6 is 0 Å². The molecule has 3 nitrogen and oxygen atoms in total. The van der Waals surface area contributed by atoms with Gasteiger partial charge in [0, 0.05) is 58.7 Å². The fourth-order valence-corrected chi connectivity index (χ4v) is 6.41. The fourth-order valence-electron chi connectivity index (χ4n) is 6.41. The zero-order valence-corrected chi connectivity index (χ0v) is 29.3. The number of hydrogen-bond acceptors (Lipinski definition) is 3. The first-order chi connectivity index (χ1) is 26.2.